The number of hydrogen-bond donors (Lipinski definition) is 3. The second-order valence-corrected chi connectivity index (χ2v) is 8.30. The van der Waals surface area contributed by atoms with Crippen molar-refractivity contribution in [3.05, 3.63) is 23.8 Å². The lowest BCUT2D eigenvalue weighted by atomic mass is 10.0. The van der Waals surface area contributed by atoms with E-state index >= 15 is 0 Å². The highest BCUT2D eigenvalue weighted by Crippen LogP contribution is 2.28. The molecule has 0 saturated carbocycles. The number of anilines is 1. The molecule has 2 unspecified atom stereocenters. The highest BCUT2D eigenvalue weighted by molar-refractivity contribution is 7.89. The van der Waals surface area contributed by atoms with E-state index in [1.54, 1.807) is 12.1 Å². The zero-order valence-corrected chi connectivity index (χ0v) is 14.2. The van der Waals surface area contributed by atoms with Crippen LogP contribution in [0.3, 0.4) is 0 Å². The van der Waals surface area contributed by atoms with E-state index in [0.717, 1.165) is 31.2 Å². The van der Waals surface area contributed by atoms with Gasteiger partial charge in [0, 0.05) is 30.7 Å². The van der Waals surface area contributed by atoms with Gasteiger partial charge in [0.2, 0.25) is 15.9 Å². The minimum Gasteiger partial charge on any atom is -0.326 e. The molecule has 0 aliphatic carbocycles. The van der Waals surface area contributed by atoms with Crippen LogP contribution >= 0.6 is 0 Å². The molecule has 7 heteroatoms. The minimum atomic E-state index is -3.58. The molecule has 2 aliphatic heterocycles. The van der Waals surface area contributed by atoms with Crippen LogP contribution in [0.15, 0.2) is 23.1 Å². The summed E-state index contributed by atoms with van der Waals surface area (Å²) in [4.78, 5) is 11.4. The van der Waals surface area contributed by atoms with E-state index in [2.05, 4.69) is 15.4 Å². The predicted octanol–water partition coefficient (Wildman–Crippen LogP) is 1.51. The summed E-state index contributed by atoms with van der Waals surface area (Å²) in [6.45, 7) is 3.24. The molecule has 1 aromatic rings. The summed E-state index contributed by atoms with van der Waals surface area (Å²) in [6.07, 6.45) is 3.92. The second kappa shape index (κ2) is 6.22. The molecule has 2 fully saturated rings. The van der Waals surface area contributed by atoms with E-state index in [4.69, 9.17) is 0 Å². The highest BCUT2D eigenvalue weighted by atomic mass is 32.2. The fourth-order valence-electron chi connectivity index (χ4n) is 3.53. The fourth-order valence-corrected chi connectivity index (χ4v) is 4.82. The Morgan fingerprint density at radius 2 is 1.87 bits per heavy atom. The maximum atomic E-state index is 12.6. The van der Waals surface area contributed by atoms with Crippen LogP contribution in [0.25, 0.3) is 0 Å². The van der Waals surface area contributed by atoms with Crippen molar-refractivity contribution in [2.45, 2.75) is 62.6 Å². The monoisotopic (exact) mass is 337 g/mol. The summed E-state index contributed by atoms with van der Waals surface area (Å²) in [5.41, 5.74) is 1.37. The van der Waals surface area contributed by atoms with Gasteiger partial charge in [0.15, 0.2) is 0 Å². The number of rotatable bonds is 4. The van der Waals surface area contributed by atoms with Crippen LogP contribution in [0.5, 0.6) is 0 Å². The normalized spacial score (nSPS) is 27.0. The molecule has 23 heavy (non-hydrogen) atoms. The standard InChI is InChI=1S/C16H23N3O3S/c1-10-3-6-15(9-16(10)17-11(2)20)23(21,22)19-14-7-12-4-5-13(8-14)18-12/h3,6,9,12-14,18-19H,4-5,7-8H2,1-2H3,(H,17,20). The summed E-state index contributed by atoms with van der Waals surface area (Å²) < 4.78 is 28.1. The third-order valence-corrected chi connectivity index (χ3v) is 6.14. The lowest BCUT2D eigenvalue weighted by Crippen LogP contribution is -2.47. The van der Waals surface area contributed by atoms with Crippen molar-refractivity contribution in [1.82, 2.24) is 10.0 Å². The van der Waals surface area contributed by atoms with E-state index in [1.807, 2.05) is 6.92 Å². The number of nitrogens with one attached hydrogen (secondary N) is 3. The molecule has 0 spiro atoms. The zero-order chi connectivity index (χ0) is 16.6. The van der Waals surface area contributed by atoms with E-state index in [-0.39, 0.29) is 16.8 Å². The van der Waals surface area contributed by atoms with Crippen LogP contribution in [0.2, 0.25) is 0 Å². The van der Waals surface area contributed by atoms with Crippen molar-refractivity contribution in [1.29, 1.82) is 0 Å². The molecule has 2 atom stereocenters. The van der Waals surface area contributed by atoms with Gasteiger partial charge in [0.25, 0.3) is 0 Å². The summed E-state index contributed by atoms with van der Waals surface area (Å²) in [5.74, 6) is -0.217. The number of sulfonamides is 1. The first-order chi connectivity index (χ1) is 10.8. The van der Waals surface area contributed by atoms with Crippen molar-refractivity contribution in [2.75, 3.05) is 5.32 Å². The third-order valence-electron chi connectivity index (χ3n) is 4.62. The number of hydrogen-bond acceptors (Lipinski definition) is 4. The van der Waals surface area contributed by atoms with Crippen LogP contribution < -0.4 is 15.4 Å². The van der Waals surface area contributed by atoms with E-state index < -0.39 is 10.0 Å². The Bertz CT molecular complexity index is 705. The molecule has 6 nitrogen and oxygen atoms in total. The number of fused-ring (bicyclic) bond motifs is 2. The third kappa shape index (κ3) is 3.73. The maximum absolute atomic E-state index is 12.6. The van der Waals surface area contributed by atoms with Gasteiger partial charge in [-0.2, -0.15) is 0 Å². The van der Waals surface area contributed by atoms with Crippen LogP contribution in [-0.4, -0.2) is 32.5 Å². The van der Waals surface area contributed by atoms with E-state index in [9.17, 15) is 13.2 Å². The Labute approximate surface area is 137 Å². The molecular formula is C16H23N3O3S. The highest BCUT2D eigenvalue weighted by Gasteiger charge is 2.35. The number of carbonyl (C=O) groups excluding carboxylic acids is 1. The number of carbonyl (C=O) groups is 1. The van der Waals surface area contributed by atoms with Crippen molar-refractivity contribution in [3.8, 4) is 0 Å². The van der Waals surface area contributed by atoms with E-state index in [1.165, 1.54) is 13.0 Å². The van der Waals surface area contributed by atoms with Gasteiger partial charge >= 0.3 is 0 Å². The molecule has 0 aromatic heterocycles. The average molecular weight is 337 g/mol. The molecule has 2 bridgehead atoms. The SMILES string of the molecule is CC(=O)Nc1cc(S(=O)(=O)NC2CC3CCC(C2)N3)ccc1C. The predicted molar refractivity (Wildman–Crippen MR) is 88.8 cm³/mol. The number of amides is 1. The number of benzene rings is 1. The van der Waals surface area contributed by atoms with Gasteiger partial charge < -0.3 is 10.6 Å². The van der Waals surface area contributed by atoms with Crippen LogP contribution in [-0.2, 0) is 14.8 Å². The number of aryl methyl sites for hydroxylation is 1. The van der Waals surface area contributed by atoms with Crippen LogP contribution in [0, 0.1) is 6.92 Å². The van der Waals surface area contributed by atoms with Gasteiger partial charge in [-0.15, -0.1) is 0 Å². The Hall–Kier alpha value is -1.44. The van der Waals surface area contributed by atoms with E-state index in [0.29, 0.717) is 17.8 Å². The molecule has 0 radical (unpaired) electrons. The Morgan fingerprint density at radius 3 is 2.48 bits per heavy atom. The molecule has 2 saturated heterocycles. The van der Waals surface area contributed by atoms with Crippen LogP contribution in [0.1, 0.15) is 38.2 Å². The molecule has 126 valence electrons. The lowest BCUT2D eigenvalue weighted by molar-refractivity contribution is -0.114. The summed E-state index contributed by atoms with van der Waals surface area (Å²) in [7, 11) is -3.58. The number of piperidine rings is 1. The Morgan fingerprint density at radius 1 is 1.22 bits per heavy atom. The van der Waals surface area contributed by atoms with Gasteiger partial charge in [0.1, 0.15) is 0 Å². The molecule has 2 heterocycles. The first kappa shape index (κ1) is 16.4. The van der Waals surface area contributed by atoms with Crippen molar-refractivity contribution in [2.24, 2.45) is 0 Å². The quantitative estimate of drug-likeness (QED) is 0.777. The molecule has 3 N–H and O–H groups in total. The van der Waals surface area contributed by atoms with Gasteiger partial charge in [-0.25, -0.2) is 13.1 Å². The van der Waals surface area contributed by atoms with Gasteiger partial charge in [-0.05, 0) is 50.3 Å². The molecule has 1 amide bonds. The van der Waals surface area contributed by atoms with Crippen molar-refractivity contribution in [3.63, 3.8) is 0 Å². The van der Waals surface area contributed by atoms with Gasteiger partial charge in [0.05, 0.1) is 4.90 Å². The molecular weight excluding hydrogens is 314 g/mol. The fraction of sp³-hybridized carbons (Fsp3) is 0.562. The largest absolute Gasteiger partial charge is 0.326 e. The topological polar surface area (TPSA) is 87.3 Å². The van der Waals surface area contributed by atoms with Crippen LogP contribution in [0.4, 0.5) is 5.69 Å². The lowest BCUT2D eigenvalue weighted by Gasteiger charge is -2.29. The maximum Gasteiger partial charge on any atom is 0.240 e. The molecule has 1 aromatic carbocycles. The van der Waals surface area contributed by atoms with Crippen molar-refractivity contribution >= 4 is 21.6 Å². The van der Waals surface area contributed by atoms with Crippen molar-refractivity contribution < 1.29 is 13.2 Å². The smallest absolute Gasteiger partial charge is 0.240 e. The van der Waals surface area contributed by atoms with Gasteiger partial charge in [-0.3, -0.25) is 4.79 Å². The summed E-state index contributed by atoms with van der Waals surface area (Å²) >= 11 is 0. The summed E-state index contributed by atoms with van der Waals surface area (Å²) in [5, 5.41) is 6.17. The summed E-state index contributed by atoms with van der Waals surface area (Å²) in [6, 6.07) is 5.65. The Balaban J connectivity index is 1.78. The molecule has 3 rings (SSSR count). The Kier molecular flexibility index (Phi) is 4.44. The second-order valence-electron chi connectivity index (χ2n) is 6.59. The van der Waals surface area contributed by atoms with Gasteiger partial charge in [-0.1, -0.05) is 6.07 Å². The minimum absolute atomic E-state index is 0.0238. The first-order valence-corrected chi connectivity index (χ1v) is 9.48. The average Bonchev–Trinajstić information content (AvgIpc) is 2.79. The zero-order valence-electron chi connectivity index (χ0n) is 13.4. The first-order valence-electron chi connectivity index (χ1n) is 8.00. The molecule has 2 aliphatic rings.